The average Bonchev–Trinajstić information content (AvgIpc) is 2.94. The third kappa shape index (κ3) is 1.48. The van der Waals surface area contributed by atoms with Crippen LogP contribution >= 0.6 is 0 Å². The van der Waals surface area contributed by atoms with Crippen molar-refractivity contribution >= 4 is 22.7 Å². The summed E-state index contributed by atoms with van der Waals surface area (Å²) in [4.78, 5) is 17.7. The molecule has 3 rings (SSSR count). The molecular formula is C13H10N2O2. The number of anilines is 1. The van der Waals surface area contributed by atoms with Crippen molar-refractivity contribution in [3.05, 3.63) is 24.6 Å². The first kappa shape index (κ1) is 9.91. The van der Waals surface area contributed by atoms with Gasteiger partial charge in [-0.05, 0) is 12.1 Å². The molecule has 1 atom stereocenters. The summed E-state index contributed by atoms with van der Waals surface area (Å²) in [6.45, 7) is 0.557. The van der Waals surface area contributed by atoms with Gasteiger partial charge in [0.1, 0.15) is 5.52 Å². The average molecular weight is 226 g/mol. The number of hydrogen-bond donors (Lipinski definition) is 0. The molecule has 0 saturated carbocycles. The Hall–Kier alpha value is -2.28. The van der Waals surface area contributed by atoms with Crippen molar-refractivity contribution in [3.8, 4) is 12.3 Å². The molecule has 1 aromatic heterocycles. The summed E-state index contributed by atoms with van der Waals surface area (Å²) in [6, 6.07) is 5.53. The molecule has 1 aliphatic heterocycles. The Morgan fingerprint density at radius 3 is 3.18 bits per heavy atom. The van der Waals surface area contributed by atoms with Gasteiger partial charge in [-0.3, -0.25) is 4.79 Å². The van der Waals surface area contributed by atoms with Gasteiger partial charge in [-0.1, -0.05) is 6.07 Å². The van der Waals surface area contributed by atoms with Gasteiger partial charge < -0.3 is 9.32 Å². The number of terminal acetylenes is 1. The van der Waals surface area contributed by atoms with Crippen molar-refractivity contribution in [2.75, 3.05) is 11.4 Å². The molecule has 1 fully saturated rings. The number of oxazole rings is 1. The second kappa shape index (κ2) is 3.63. The van der Waals surface area contributed by atoms with Gasteiger partial charge in [-0.15, -0.1) is 12.3 Å². The monoisotopic (exact) mass is 226 g/mol. The number of carbonyl (C=O) groups is 1. The van der Waals surface area contributed by atoms with E-state index < -0.39 is 0 Å². The zero-order chi connectivity index (χ0) is 11.8. The number of para-hydroxylation sites is 1. The summed E-state index contributed by atoms with van der Waals surface area (Å²) in [5.41, 5.74) is 2.16. The molecule has 1 amide bonds. The van der Waals surface area contributed by atoms with E-state index in [1.807, 2.05) is 18.2 Å². The van der Waals surface area contributed by atoms with Crippen LogP contribution in [0.15, 0.2) is 29.0 Å². The zero-order valence-corrected chi connectivity index (χ0v) is 9.09. The maximum atomic E-state index is 11.9. The van der Waals surface area contributed by atoms with Crippen molar-refractivity contribution in [3.63, 3.8) is 0 Å². The van der Waals surface area contributed by atoms with Crippen LogP contribution in [-0.4, -0.2) is 17.4 Å². The molecule has 2 aromatic rings. The lowest BCUT2D eigenvalue weighted by molar-refractivity contribution is -0.117. The number of hydrogen-bond acceptors (Lipinski definition) is 3. The summed E-state index contributed by atoms with van der Waals surface area (Å²) in [6.07, 6.45) is 7.16. The molecule has 1 unspecified atom stereocenters. The summed E-state index contributed by atoms with van der Waals surface area (Å²) in [5, 5.41) is 0. The van der Waals surface area contributed by atoms with Crippen LogP contribution in [0.1, 0.15) is 6.42 Å². The van der Waals surface area contributed by atoms with Gasteiger partial charge in [0.05, 0.1) is 5.69 Å². The largest absolute Gasteiger partial charge is 0.443 e. The van der Waals surface area contributed by atoms with Crippen molar-refractivity contribution in [2.24, 2.45) is 5.92 Å². The minimum absolute atomic E-state index is 0.00958. The van der Waals surface area contributed by atoms with Crippen molar-refractivity contribution in [1.82, 2.24) is 4.98 Å². The summed E-state index contributed by atoms with van der Waals surface area (Å²) in [7, 11) is 0. The normalized spacial score (nSPS) is 19.8. The van der Waals surface area contributed by atoms with E-state index in [1.54, 1.807) is 4.90 Å². The maximum Gasteiger partial charge on any atom is 0.228 e. The van der Waals surface area contributed by atoms with Crippen LogP contribution in [0.3, 0.4) is 0 Å². The second-order valence-corrected chi connectivity index (χ2v) is 4.05. The van der Waals surface area contributed by atoms with Gasteiger partial charge in [0.2, 0.25) is 5.91 Å². The Morgan fingerprint density at radius 1 is 1.53 bits per heavy atom. The van der Waals surface area contributed by atoms with E-state index >= 15 is 0 Å². The Kier molecular flexibility index (Phi) is 2.12. The summed E-state index contributed by atoms with van der Waals surface area (Å²) >= 11 is 0. The smallest absolute Gasteiger partial charge is 0.228 e. The first-order valence-corrected chi connectivity index (χ1v) is 5.38. The lowest BCUT2D eigenvalue weighted by Gasteiger charge is -2.15. The van der Waals surface area contributed by atoms with E-state index in [1.165, 1.54) is 6.39 Å². The molecule has 0 spiro atoms. The molecule has 1 saturated heterocycles. The number of nitrogens with zero attached hydrogens (tertiary/aromatic N) is 2. The van der Waals surface area contributed by atoms with E-state index in [9.17, 15) is 4.79 Å². The topological polar surface area (TPSA) is 46.3 Å². The van der Waals surface area contributed by atoms with Crippen LogP contribution in [0.25, 0.3) is 11.1 Å². The highest BCUT2D eigenvalue weighted by molar-refractivity contribution is 6.02. The molecule has 2 heterocycles. The molecule has 1 aliphatic rings. The maximum absolute atomic E-state index is 11.9. The van der Waals surface area contributed by atoms with Gasteiger partial charge in [0.15, 0.2) is 12.0 Å². The fourth-order valence-electron chi connectivity index (χ4n) is 2.14. The molecule has 0 radical (unpaired) electrons. The quantitative estimate of drug-likeness (QED) is 0.697. The predicted molar refractivity (Wildman–Crippen MR) is 63.3 cm³/mol. The van der Waals surface area contributed by atoms with E-state index in [0.717, 1.165) is 5.69 Å². The van der Waals surface area contributed by atoms with E-state index in [0.29, 0.717) is 24.1 Å². The number of amides is 1. The third-order valence-corrected chi connectivity index (χ3v) is 2.99. The number of fused-ring (bicyclic) bond motifs is 1. The zero-order valence-electron chi connectivity index (χ0n) is 9.09. The molecule has 0 aliphatic carbocycles. The predicted octanol–water partition coefficient (Wildman–Crippen LogP) is 1.81. The van der Waals surface area contributed by atoms with E-state index in [4.69, 9.17) is 10.8 Å². The van der Waals surface area contributed by atoms with Crippen molar-refractivity contribution < 1.29 is 9.21 Å². The second-order valence-electron chi connectivity index (χ2n) is 4.05. The summed E-state index contributed by atoms with van der Waals surface area (Å²) in [5.74, 6) is 2.66. The van der Waals surface area contributed by atoms with Crippen molar-refractivity contribution in [2.45, 2.75) is 6.42 Å². The fraction of sp³-hybridized carbons (Fsp3) is 0.231. The van der Waals surface area contributed by atoms with E-state index in [2.05, 4.69) is 10.9 Å². The van der Waals surface area contributed by atoms with Gasteiger partial charge in [0.25, 0.3) is 0 Å². The number of aromatic nitrogens is 1. The number of rotatable bonds is 1. The Bertz CT molecular complexity index is 624. The van der Waals surface area contributed by atoms with E-state index in [-0.39, 0.29) is 11.8 Å². The molecule has 4 heteroatoms. The minimum Gasteiger partial charge on any atom is -0.443 e. The Labute approximate surface area is 98.2 Å². The molecule has 0 N–H and O–H groups in total. The van der Waals surface area contributed by atoms with Crippen LogP contribution < -0.4 is 4.90 Å². The summed E-state index contributed by atoms with van der Waals surface area (Å²) < 4.78 is 5.22. The highest BCUT2D eigenvalue weighted by atomic mass is 16.3. The molecule has 84 valence electrons. The minimum atomic E-state index is -0.00958. The number of carbonyl (C=O) groups excluding carboxylic acids is 1. The van der Waals surface area contributed by atoms with Crippen LogP contribution in [0.5, 0.6) is 0 Å². The Morgan fingerprint density at radius 2 is 2.41 bits per heavy atom. The van der Waals surface area contributed by atoms with Gasteiger partial charge >= 0.3 is 0 Å². The number of benzene rings is 1. The highest BCUT2D eigenvalue weighted by Gasteiger charge is 2.30. The highest BCUT2D eigenvalue weighted by Crippen LogP contribution is 2.30. The SMILES string of the molecule is C#CC1CC(=O)N(c2cccc3ocnc23)C1. The molecule has 0 bridgehead atoms. The van der Waals surface area contributed by atoms with Gasteiger partial charge in [0, 0.05) is 18.9 Å². The standard InChI is InChI=1S/C13H10N2O2/c1-2-9-6-12(16)15(7-9)10-4-3-5-11-13(10)14-8-17-11/h1,3-5,8-9H,6-7H2. The first-order valence-electron chi connectivity index (χ1n) is 5.38. The fourth-order valence-corrected chi connectivity index (χ4v) is 2.14. The van der Waals surface area contributed by atoms with Gasteiger partial charge in [-0.25, -0.2) is 4.98 Å². The Balaban J connectivity index is 2.08. The van der Waals surface area contributed by atoms with Crippen LogP contribution in [0.2, 0.25) is 0 Å². The lowest BCUT2D eigenvalue weighted by Crippen LogP contribution is -2.24. The van der Waals surface area contributed by atoms with Crippen LogP contribution in [-0.2, 0) is 4.79 Å². The molecule has 17 heavy (non-hydrogen) atoms. The van der Waals surface area contributed by atoms with Crippen LogP contribution in [0.4, 0.5) is 5.69 Å². The van der Waals surface area contributed by atoms with Crippen LogP contribution in [0, 0.1) is 18.3 Å². The first-order chi connectivity index (χ1) is 8.29. The molecule has 4 nitrogen and oxygen atoms in total. The molecule has 1 aromatic carbocycles. The van der Waals surface area contributed by atoms with Gasteiger partial charge in [-0.2, -0.15) is 0 Å². The molecular weight excluding hydrogens is 216 g/mol. The third-order valence-electron chi connectivity index (χ3n) is 2.99. The lowest BCUT2D eigenvalue weighted by atomic mass is 10.1. The van der Waals surface area contributed by atoms with Crippen molar-refractivity contribution in [1.29, 1.82) is 0 Å².